The molecular formula is C23H30ClN5O3S2. The van der Waals surface area contributed by atoms with Crippen LogP contribution in [0.1, 0.15) is 43.1 Å². The second-order valence-electron chi connectivity index (χ2n) is 8.72. The zero-order chi connectivity index (χ0) is 24.2. The van der Waals surface area contributed by atoms with Crippen molar-refractivity contribution >= 4 is 52.1 Å². The fraction of sp³-hybridized carbons (Fsp3) is 0.522. The van der Waals surface area contributed by atoms with Gasteiger partial charge in [0.25, 0.3) is 11.8 Å². The van der Waals surface area contributed by atoms with Crippen LogP contribution in [0, 0.1) is 0 Å². The van der Waals surface area contributed by atoms with Gasteiger partial charge in [0.15, 0.2) is 0 Å². The molecule has 0 aliphatic carbocycles. The van der Waals surface area contributed by atoms with E-state index in [0.29, 0.717) is 35.3 Å². The molecule has 4 rings (SSSR count). The number of amides is 4. The molecule has 4 amide bonds. The van der Waals surface area contributed by atoms with Crippen molar-refractivity contribution in [1.29, 1.82) is 0 Å². The Morgan fingerprint density at radius 3 is 2.65 bits per heavy atom. The highest BCUT2D eigenvalue weighted by atomic mass is 35.5. The lowest BCUT2D eigenvalue weighted by molar-refractivity contribution is 0.0735. The number of hydrogen-bond acceptors (Lipinski definition) is 6. The molecule has 1 fully saturated rings. The van der Waals surface area contributed by atoms with Gasteiger partial charge in [0.2, 0.25) is 0 Å². The number of likely N-dealkylation sites (tertiary alicyclic amines) is 1. The molecule has 2 aliphatic rings. The number of thiophene rings is 2. The van der Waals surface area contributed by atoms with Gasteiger partial charge < -0.3 is 25.8 Å². The molecule has 11 heteroatoms. The maximum atomic E-state index is 13.6. The first-order valence-electron chi connectivity index (χ1n) is 11.5. The van der Waals surface area contributed by atoms with Crippen molar-refractivity contribution in [2.75, 3.05) is 39.8 Å². The summed E-state index contributed by atoms with van der Waals surface area (Å²) in [4.78, 5) is 44.9. The summed E-state index contributed by atoms with van der Waals surface area (Å²) in [6.07, 6.45) is 2.47. The highest BCUT2D eigenvalue weighted by Crippen LogP contribution is 2.30. The molecule has 3 N–H and O–H groups in total. The van der Waals surface area contributed by atoms with Crippen LogP contribution in [0.5, 0.6) is 0 Å². The summed E-state index contributed by atoms with van der Waals surface area (Å²) in [5.41, 5.74) is 1.26. The Morgan fingerprint density at radius 2 is 1.91 bits per heavy atom. The van der Waals surface area contributed by atoms with Crippen LogP contribution in [0.2, 0.25) is 4.34 Å². The van der Waals surface area contributed by atoms with Crippen molar-refractivity contribution in [1.82, 2.24) is 25.8 Å². The maximum Gasteiger partial charge on any atom is 0.314 e. The molecule has 0 unspecified atom stereocenters. The summed E-state index contributed by atoms with van der Waals surface area (Å²) in [7, 11) is 2.12. The maximum absolute atomic E-state index is 13.6. The van der Waals surface area contributed by atoms with E-state index in [1.807, 2.05) is 13.0 Å². The zero-order valence-electron chi connectivity index (χ0n) is 19.4. The van der Waals surface area contributed by atoms with E-state index in [-0.39, 0.29) is 29.9 Å². The Labute approximate surface area is 212 Å². The number of nitrogens with zero attached hydrogens (tertiary/aromatic N) is 2. The van der Waals surface area contributed by atoms with E-state index in [1.54, 1.807) is 28.4 Å². The molecule has 8 nitrogen and oxygen atoms in total. The highest BCUT2D eigenvalue weighted by molar-refractivity contribution is 7.18. The average Bonchev–Trinajstić information content (AvgIpc) is 3.50. The van der Waals surface area contributed by atoms with Gasteiger partial charge in [-0.15, -0.1) is 22.7 Å². The Morgan fingerprint density at radius 1 is 1.12 bits per heavy atom. The van der Waals surface area contributed by atoms with Gasteiger partial charge in [-0.25, -0.2) is 4.79 Å². The molecule has 0 radical (unpaired) electrons. The Hall–Kier alpha value is -2.14. The first kappa shape index (κ1) is 25.0. The van der Waals surface area contributed by atoms with Gasteiger partial charge in [0, 0.05) is 43.6 Å². The van der Waals surface area contributed by atoms with Crippen molar-refractivity contribution in [2.24, 2.45) is 0 Å². The standard InChI is InChI=1S/C23H30ClN5O3S2/c1-3-25-23(32)26-12-16-11-15(27-21(30)18-4-5-20(24)34-18)13-29(16)22(31)19-10-14-6-8-28(2)9-7-17(14)33-19/h4-5,10,15-16H,3,6-9,11-13H2,1-2H3,(H,27,30)(H2,25,26,32)/t15-,16+/m1/s1. The van der Waals surface area contributed by atoms with Gasteiger partial charge in [-0.3, -0.25) is 9.59 Å². The number of hydrogen-bond donors (Lipinski definition) is 3. The topological polar surface area (TPSA) is 93.8 Å². The van der Waals surface area contributed by atoms with Gasteiger partial charge in [0.1, 0.15) is 0 Å². The summed E-state index contributed by atoms with van der Waals surface area (Å²) in [5, 5.41) is 8.62. The van der Waals surface area contributed by atoms with E-state index >= 15 is 0 Å². The summed E-state index contributed by atoms with van der Waals surface area (Å²) in [5.74, 6) is -0.233. The second kappa shape index (κ2) is 11.1. The van der Waals surface area contributed by atoms with E-state index < -0.39 is 0 Å². The molecule has 2 aromatic heterocycles. The zero-order valence-corrected chi connectivity index (χ0v) is 21.7. The minimum Gasteiger partial charge on any atom is -0.347 e. The number of urea groups is 1. The smallest absolute Gasteiger partial charge is 0.314 e. The van der Waals surface area contributed by atoms with Crippen LogP contribution in [-0.2, 0) is 12.8 Å². The Kier molecular flexibility index (Phi) is 8.13. The molecule has 184 valence electrons. The third kappa shape index (κ3) is 5.91. The number of halogens is 1. The molecule has 0 aromatic carbocycles. The lowest BCUT2D eigenvalue weighted by Crippen LogP contribution is -2.45. The molecular weight excluding hydrogens is 494 g/mol. The largest absolute Gasteiger partial charge is 0.347 e. The third-order valence-corrected chi connectivity index (χ3v) is 8.69. The fourth-order valence-corrected chi connectivity index (χ4v) is 6.54. The average molecular weight is 524 g/mol. The van der Waals surface area contributed by atoms with Crippen molar-refractivity contribution in [3.8, 4) is 0 Å². The summed E-state index contributed by atoms with van der Waals surface area (Å²) < 4.78 is 0.557. The van der Waals surface area contributed by atoms with Crippen LogP contribution in [0.4, 0.5) is 4.79 Å². The second-order valence-corrected chi connectivity index (χ2v) is 11.6. The highest BCUT2D eigenvalue weighted by Gasteiger charge is 2.37. The first-order chi connectivity index (χ1) is 16.3. The molecule has 1 saturated heterocycles. The predicted molar refractivity (Wildman–Crippen MR) is 136 cm³/mol. The normalized spacial score (nSPS) is 20.5. The number of likely N-dealkylation sites (N-methyl/N-ethyl adjacent to an activating group) is 1. The lowest BCUT2D eigenvalue weighted by atomic mass is 10.1. The fourth-order valence-electron chi connectivity index (χ4n) is 4.44. The first-order valence-corrected chi connectivity index (χ1v) is 13.5. The minimum atomic E-state index is -0.262. The lowest BCUT2D eigenvalue weighted by Gasteiger charge is -2.24. The van der Waals surface area contributed by atoms with Crippen LogP contribution >= 0.6 is 34.3 Å². The Bertz CT molecular complexity index is 1030. The van der Waals surface area contributed by atoms with Crippen molar-refractivity contribution in [3.63, 3.8) is 0 Å². The van der Waals surface area contributed by atoms with E-state index in [0.717, 1.165) is 30.8 Å². The van der Waals surface area contributed by atoms with Crippen LogP contribution in [0.15, 0.2) is 18.2 Å². The number of nitrogens with one attached hydrogen (secondary N) is 3. The minimum absolute atomic E-state index is 0.0370. The van der Waals surface area contributed by atoms with Crippen LogP contribution in [0.25, 0.3) is 0 Å². The third-order valence-electron chi connectivity index (χ3n) is 6.23. The van der Waals surface area contributed by atoms with Crippen LogP contribution < -0.4 is 16.0 Å². The quantitative estimate of drug-likeness (QED) is 0.543. The van der Waals surface area contributed by atoms with Crippen LogP contribution in [0.3, 0.4) is 0 Å². The molecule has 2 aliphatic heterocycles. The number of carbonyl (C=O) groups is 3. The van der Waals surface area contributed by atoms with Crippen molar-refractivity contribution < 1.29 is 14.4 Å². The van der Waals surface area contributed by atoms with Gasteiger partial charge in [-0.2, -0.15) is 0 Å². The molecule has 0 spiro atoms. The molecule has 2 atom stereocenters. The van der Waals surface area contributed by atoms with E-state index in [4.69, 9.17) is 11.6 Å². The van der Waals surface area contributed by atoms with Crippen molar-refractivity contribution in [3.05, 3.63) is 42.7 Å². The molecule has 0 bridgehead atoms. The number of fused-ring (bicyclic) bond motifs is 1. The van der Waals surface area contributed by atoms with Gasteiger partial charge in [-0.1, -0.05) is 11.6 Å². The molecule has 34 heavy (non-hydrogen) atoms. The molecule has 4 heterocycles. The van der Waals surface area contributed by atoms with Gasteiger partial charge >= 0.3 is 6.03 Å². The summed E-state index contributed by atoms with van der Waals surface area (Å²) in [6, 6.07) is 4.76. The van der Waals surface area contributed by atoms with Crippen LogP contribution in [-0.4, -0.2) is 79.5 Å². The summed E-state index contributed by atoms with van der Waals surface area (Å²) >= 11 is 8.78. The van der Waals surface area contributed by atoms with Gasteiger partial charge in [-0.05, 0) is 57.0 Å². The Balaban J connectivity index is 1.47. The van der Waals surface area contributed by atoms with E-state index in [1.165, 1.54) is 21.8 Å². The van der Waals surface area contributed by atoms with Crippen molar-refractivity contribution in [2.45, 2.75) is 38.3 Å². The SMILES string of the molecule is CCNC(=O)NC[C@@H]1C[C@@H](NC(=O)c2ccc(Cl)s2)CN1C(=O)c1cc2c(s1)CCN(C)CC2. The van der Waals surface area contributed by atoms with Gasteiger partial charge in [0.05, 0.1) is 20.1 Å². The summed E-state index contributed by atoms with van der Waals surface area (Å²) in [6.45, 7) is 5.08. The van der Waals surface area contributed by atoms with E-state index in [9.17, 15) is 14.4 Å². The van der Waals surface area contributed by atoms with E-state index in [2.05, 4.69) is 27.9 Å². The molecule has 2 aromatic rings. The monoisotopic (exact) mass is 523 g/mol. The number of carbonyl (C=O) groups excluding carboxylic acids is 3. The predicted octanol–water partition coefficient (Wildman–Crippen LogP) is 2.83. The number of rotatable bonds is 6. The molecule has 0 saturated carbocycles.